The molecule has 0 saturated carbocycles. The smallest absolute Gasteiger partial charge is 0.0568 e. The molecule has 0 bridgehead atoms. The maximum Gasteiger partial charge on any atom is 0.0568 e. The molecule has 17 heavy (non-hydrogen) atoms. The van der Waals surface area contributed by atoms with E-state index < -0.39 is 0 Å². The molecule has 1 aromatic heterocycles. The van der Waals surface area contributed by atoms with Gasteiger partial charge in [-0.15, -0.1) is 0 Å². The van der Waals surface area contributed by atoms with Crippen molar-refractivity contribution in [3.63, 3.8) is 0 Å². The monoisotopic (exact) mass is 230 g/mol. The first-order chi connectivity index (χ1) is 8.01. The quantitative estimate of drug-likeness (QED) is 0.711. The molecule has 0 spiro atoms. The van der Waals surface area contributed by atoms with Crippen molar-refractivity contribution in [1.29, 1.82) is 0 Å². The molecule has 0 atom stereocenters. The number of nitrogens with zero attached hydrogens (tertiary/aromatic N) is 2. The first-order valence-corrected chi connectivity index (χ1v) is 6.02. The van der Waals surface area contributed by atoms with Crippen molar-refractivity contribution >= 4 is 5.57 Å². The van der Waals surface area contributed by atoms with Crippen LogP contribution >= 0.6 is 0 Å². The van der Waals surface area contributed by atoms with E-state index in [0.29, 0.717) is 0 Å². The summed E-state index contributed by atoms with van der Waals surface area (Å²) in [5, 5.41) is 4.22. The van der Waals surface area contributed by atoms with Crippen molar-refractivity contribution in [3.05, 3.63) is 47.3 Å². The SMILES string of the molecule is C=C(CC)/C(C)=C(C)\C(=C/C)c1cnn(C)c1. The van der Waals surface area contributed by atoms with Crippen molar-refractivity contribution in [1.82, 2.24) is 9.78 Å². The molecule has 0 aliphatic rings. The van der Waals surface area contributed by atoms with Crippen molar-refractivity contribution in [3.8, 4) is 0 Å². The summed E-state index contributed by atoms with van der Waals surface area (Å²) < 4.78 is 1.83. The van der Waals surface area contributed by atoms with E-state index in [2.05, 4.69) is 45.4 Å². The summed E-state index contributed by atoms with van der Waals surface area (Å²) in [6, 6.07) is 0. The lowest BCUT2D eigenvalue weighted by Crippen LogP contribution is -1.92. The number of aromatic nitrogens is 2. The fourth-order valence-corrected chi connectivity index (χ4v) is 1.89. The van der Waals surface area contributed by atoms with Gasteiger partial charge in [0.1, 0.15) is 0 Å². The second-order valence-corrected chi connectivity index (χ2v) is 4.31. The molecule has 92 valence electrons. The molecule has 1 aromatic rings. The third-order valence-corrected chi connectivity index (χ3v) is 3.23. The van der Waals surface area contributed by atoms with Crippen LogP contribution in [0.3, 0.4) is 0 Å². The van der Waals surface area contributed by atoms with E-state index >= 15 is 0 Å². The van der Waals surface area contributed by atoms with E-state index in [0.717, 1.165) is 12.0 Å². The Balaban J connectivity index is 3.17. The first-order valence-electron chi connectivity index (χ1n) is 6.02. The highest BCUT2D eigenvalue weighted by Gasteiger charge is 2.09. The highest BCUT2D eigenvalue weighted by Crippen LogP contribution is 2.28. The van der Waals surface area contributed by atoms with Gasteiger partial charge in [0.15, 0.2) is 0 Å². The molecule has 0 fully saturated rings. The molecule has 0 amide bonds. The minimum atomic E-state index is 0.993. The van der Waals surface area contributed by atoms with E-state index in [1.54, 1.807) is 0 Å². The lowest BCUT2D eigenvalue weighted by molar-refractivity contribution is 0.767. The average molecular weight is 230 g/mol. The minimum absolute atomic E-state index is 0.993. The number of hydrogen-bond donors (Lipinski definition) is 0. The van der Waals surface area contributed by atoms with Gasteiger partial charge in [-0.2, -0.15) is 5.10 Å². The predicted octanol–water partition coefficient (Wildman–Crippen LogP) is 4.13. The van der Waals surface area contributed by atoms with Crippen molar-refractivity contribution in [2.45, 2.75) is 34.1 Å². The maximum absolute atomic E-state index is 4.22. The zero-order valence-corrected chi connectivity index (χ0v) is 11.5. The van der Waals surface area contributed by atoms with Crippen LogP contribution in [-0.2, 0) is 7.05 Å². The van der Waals surface area contributed by atoms with E-state index in [1.807, 2.05) is 24.1 Å². The summed E-state index contributed by atoms with van der Waals surface area (Å²) in [6.07, 6.45) is 7.08. The van der Waals surface area contributed by atoms with Gasteiger partial charge in [-0.05, 0) is 43.9 Å². The van der Waals surface area contributed by atoms with Crippen molar-refractivity contribution in [2.75, 3.05) is 0 Å². The van der Waals surface area contributed by atoms with Crippen LogP contribution < -0.4 is 0 Å². The van der Waals surface area contributed by atoms with Crippen LogP contribution in [0, 0.1) is 0 Å². The third-order valence-electron chi connectivity index (χ3n) is 3.23. The van der Waals surface area contributed by atoms with Gasteiger partial charge in [-0.3, -0.25) is 4.68 Å². The Hall–Kier alpha value is -1.57. The third kappa shape index (κ3) is 2.96. The van der Waals surface area contributed by atoms with Crippen LogP contribution in [0.4, 0.5) is 0 Å². The van der Waals surface area contributed by atoms with Gasteiger partial charge in [-0.1, -0.05) is 25.2 Å². The lowest BCUT2D eigenvalue weighted by Gasteiger charge is -2.12. The molecule has 2 nitrogen and oxygen atoms in total. The Labute approximate surface area is 104 Å². The predicted molar refractivity (Wildman–Crippen MR) is 74.7 cm³/mol. The molecule has 0 aliphatic heterocycles. The van der Waals surface area contributed by atoms with Crippen LogP contribution in [0.15, 0.2) is 41.8 Å². The summed E-state index contributed by atoms with van der Waals surface area (Å²) in [5.74, 6) is 0. The van der Waals surface area contributed by atoms with Gasteiger partial charge in [0.25, 0.3) is 0 Å². The summed E-state index contributed by atoms with van der Waals surface area (Å²) in [4.78, 5) is 0. The van der Waals surface area contributed by atoms with Gasteiger partial charge in [0, 0.05) is 18.8 Å². The van der Waals surface area contributed by atoms with Crippen LogP contribution in [0.2, 0.25) is 0 Å². The van der Waals surface area contributed by atoms with E-state index in [-0.39, 0.29) is 0 Å². The Morgan fingerprint density at radius 2 is 2.06 bits per heavy atom. The summed E-state index contributed by atoms with van der Waals surface area (Å²) >= 11 is 0. The zero-order chi connectivity index (χ0) is 13.0. The highest BCUT2D eigenvalue weighted by molar-refractivity contribution is 5.79. The lowest BCUT2D eigenvalue weighted by atomic mass is 9.93. The largest absolute Gasteiger partial charge is 0.275 e. The normalized spacial score (nSPS) is 13.6. The summed E-state index contributed by atoms with van der Waals surface area (Å²) in [6.45, 7) is 12.6. The molecular weight excluding hydrogens is 208 g/mol. The minimum Gasteiger partial charge on any atom is -0.275 e. The van der Waals surface area contributed by atoms with Crippen LogP contribution in [0.25, 0.3) is 5.57 Å². The molecule has 2 heteroatoms. The van der Waals surface area contributed by atoms with Gasteiger partial charge >= 0.3 is 0 Å². The number of rotatable bonds is 4. The summed E-state index contributed by atoms with van der Waals surface area (Å²) in [5.41, 5.74) is 6.17. The van der Waals surface area contributed by atoms with Crippen LogP contribution in [-0.4, -0.2) is 9.78 Å². The Bertz CT molecular complexity index is 473. The Morgan fingerprint density at radius 1 is 1.41 bits per heavy atom. The first kappa shape index (κ1) is 13.5. The molecule has 0 saturated heterocycles. The standard InChI is InChI=1S/C15H22N2/c1-7-11(3)12(4)13(5)15(8-2)14-9-16-17(6)10-14/h8-10H,3,7H2,1-2,4-6H3/b13-12-,15-8+. The molecular formula is C15H22N2. The second-order valence-electron chi connectivity index (χ2n) is 4.31. The maximum atomic E-state index is 4.22. The average Bonchev–Trinajstić information content (AvgIpc) is 2.74. The molecule has 0 aliphatic carbocycles. The van der Waals surface area contributed by atoms with Gasteiger partial charge < -0.3 is 0 Å². The van der Waals surface area contributed by atoms with Gasteiger partial charge in [-0.25, -0.2) is 0 Å². The summed E-state index contributed by atoms with van der Waals surface area (Å²) in [7, 11) is 1.94. The fourth-order valence-electron chi connectivity index (χ4n) is 1.89. The Morgan fingerprint density at radius 3 is 2.47 bits per heavy atom. The number of allylic oxidation sites excluding steroid dienone is 5. The van der Waals surface area contributed by atoms with Crippen molar-refractivity contribution < 1.29 is 0 Å². The topological polar surface area (TPSA) is 17.8 Å². The molecule has 0 N–H and O–H groups in total. The van der Waals surface area contributed by atoms with Gasteiger partial charge in [0.2, 0.25) is 0 Å². The number of aryl methyl sites for hydroxylation is 1. The number of hydrogen-bond acceptors (Lipinski definition) is 1. The second kappa shape index (κ2) is 5.67. The fraction of sp³-hybridized carbons (Fsp3) is 0.400. The van der Waals surface area contributed by atoms with Gasteiger partial charge in [0.05, 0.1) is 6.20 Å². The van der Waals surface area contributed by atoms with E-state index in [4.69, 9.17) is 0 Å². The molecule has 0 unspecified atom stereocenters. The van der Waals surface area contributed by atoms with Crippen LogP contribution in [0.1, 0.15) is 39.7 Å². The Kier molecular flexibility index (Phi) is 4.50. The van der Waals surface area contributed by atoms with E-state index in [1.165, 1.54) is 22.3 Å². The molecule has 0 radical (unpaired) electrons. The molecule has 0 aromatic carbocycles. The zero-order valence-electron chi connectivity index (χ0n) is 11.5. The van der Waals surface area contributed by atoms with Crippen molar-refractivity contribution in [2.24, 2.45) is 7.05 Å². The van der Waals surface area contributed by atoms with Crippen LogP contribution in [0.5, 0.6) is 0 Å². The molecule has 1 rings (SSSR count). The molecule has 1 heterocycles. The van der Waals surface area contributed by atoms with E-state index in [9.17, 15) is 0 Å². The highest BCUT2D eigenvalue weighted by atomic mass is 15.2.